The Labute approximate surface area is 106 Å². The Morgan fingerprint density at radius 3 is 2.80 bits per heavy atom. The van der Waals surface area contributed by atoms with Crippen molar-refractivity contribution >= 4 is 22.6 Å². The molecule has 0 radical (unpaired) electrons. The summed E-state index contributed by atoms with van der Waals surface area (Å²) in [6.07, 6.45) is 9.46. The topological polar surface area (TPSA) is 18.5 Å². The van der Waals surface area contributed by atoms with Crippen LogP contribution in [-0.4, -0.2) is 23.4 Å². The first kappa shape index (κ1) is 12.1. The van der Waals surface area contributed by atoms with Crippen LogP contribution >= 0.6 is 22.6 Å². The standard InChI is InChI=1S/C12H21IO2/c13-8-7-10-4-3-5-11(10)15-12-6-1-2-9-14-12/h10-12H,1-9H2/t10-,11+,12?/m0/s1. The Morgan fingerprint density at radius 1 is 1.13 bits per heavy atom. The van der Waals surface area contributed by atoms with Crippen LogP contribution in [0.25, 0.3) is 0 Å². The van der Waals surface area contributed by atoms with Crippen LogP contribution in [0.2, 0.25) is 0 Å². The van der Waals surface area contributed by atoms with Crippen molar-refractivity contribution in [2.24, 2.45) is 5.92 Å². The Morgan fingerprint density at radius 2 is 2.07 bits per heavy atom. The fraction of sp³-hybridized carbons (Fsp3) is 1.00. The second-order valence-corrected chi connectivity index (χ2v) is 5.72. The van der Waals surface area contributed by atoms with Crippen molar-refractivity contribution in [1.29, 1.82) is 0 Å². The summed E-state index contributed by atoms with van der Waals surface area (Å²) in [5.41, 5.74) is 0. The van der Waals surface area contributed by atoms with E-state index in [1.807, 2.05) is 0 Å². The second kappa shape index (κ2) is 6.40. The zero-order valence-electron chi connectivity index (χ0n) is 9.29. The van der Waals surface area contributed by atoms with Crippen LogP contribution in [0.15, 0.2) is 0 Å². The fourth-order valence-electron chi connectivity index (χ4n) is 2.67. The average Bonchev–Trinajstić information content (AvgIpc) is 2.68. The van der Waals surface area contributed by atoms with E-state index in [9.17, 15) is 0 Å². The molecule has 0 bridgehead atoms. The van der Waals surface area contributed by atoms with Crippen LogP contribution < -0.4 is 0 Å². The quantitative estimate of drug-likeness (QED) is 0.582. The molecule has 0 aromatic rings. The van der Waals surface area contributed by atoms with E-state index in [4.69, 9.17) is 9.47 Å². The third-order valence-corrected chi connectivity index (χ3v) is 4.16. The van der Waals surface area contributed by atoms with Gasteiger partial charge < -0.3 is 9.47 Å². The molecule has 15 heavy (non-hydrogen) atoms. The zero-order chi connectivity index (χ0) is 10.5. The van der Waals surface area contributed by atoms with Gasteiger partial charge in [-0.05, 0) is 48.9 Å². The van der Waals surface area contributed by atoms with Crippen LogP contribution in [-0.2, 0) is 9.47 Å². The van der Waals surface area contributed by atoms with Crippen LogP contribution in [0, 0.1) is 5.92 Å². The molecule has 2 aliphatic rings. The summed E-state index contributed by atoms with van der Waals surface area (Å²) in [4.78, 5) is 0. The van der Waals surface area contributed by atoms with Crippen molar-refractivity contribution < 1.29 is 9.47 Å². The summed E-state index contributed by atoms with van der Waals surface area (Å²) in [6, 6.07) is 0. The molecule has 1 saturated heterocycles. The van der Waals surface area contributed by atoms with Crippen LogP contribution in [0.3, 0.4) is 0 Å². The van der Waals surface area contributed by atoms with Gasteiger partial charge in [-0.1, -0.05) is 29.0 Å². The largest absolute Gasteiger partial charge is 0.353 e. The molecule has 1 saturated carbocycles. The lowest BCUT2D eigenvalue weighted by Crippen LogP contribution is -2.30. The predicted molar refractivity (Wildman–Crippen MR) is 69.3 cm³/mol. The van der Waals surface area contributed by atoms with Crippen LogP contribution in [0.5, 0.6) is 0 Å². The lowest BCUT2D eigenvalue weighted by Gasteiger charge is -2.28. The Kier molecular flexibility index (Phi) is 5.17. The molecule has 3 atom stereocenters. The second-order valence-electron chi connectivity index (χ2n) is 4.64. The summed E-state index contributed by atoms with van der Waals surface area (Å²) >= 11 is 2.47. The summed E-state index contributed by atoms with van der Waals surface area (Å²) in [5, 5.41) is 0. The van der Waals surface area contributed by atoms with Gasteiger partial charge in [0.15, 0.2) is 6.29 Å². The van der Waals surface area contributed by atoms with E-state index >= 15 is 0 Å². The maximum Gasteiger partial charge on any atom is 0.157 e. The van der Waals surface area contributed by atoms with Crippen molar-refractivity contribution in [2.45, 2.75) is 57.3 Å². The van der Waals surface area contributed by atoms with E-state index in [2.05, 4.69) is 22.6 Å². The number of hydrogen-bond acceptors (Lipinski definition) is 2. The third-order valence-electron chi connectivity index (χ3n) is 3.53. The first-order valence-electron chi connectivity index (χ1n) is 6.23. The van der Waals surface area contributed by atoms with Gasteiger partial charge in [0.1, 0.15) is 0 Å². The molecule has 0 N–H and O–H groups in total. The van der Waals surface area contributed by atoms with Gasteiger partial charge in [0, 0.05) is 6.61 Å². The molecule has 88 valence electrons. The maximum atomic E-state index is 6.09. The maximum absolute atomic E-state index is 6.09. The molecule has 2 rings (SSSR count). The minimum absolute atomic E-state index is 0.110. The van der Waals surface area contributed by atoms with Gasteiger partial charge in [-0.25, -0.2) is 0 Å². The molecule has 3 heteroatoms. The number of ether oxygens (including phenoxy) is 2. The van der Waals surface area contributed by atoms with Gasteiger partial charge in [-0.3, -0.25) is 0 Å². The van der Waals surface area contributed by atoms with E-state index in [0.717, 1.165) is 18.9 Å². The summed E-state index contributed by atoms with van der Waals surface area (Å²) in [6.45, 7) is 0.897. The highest BCUT2D eigenvalue weighted by molar-refractivity contribution is 14.1. The van der Waals surface area contributed by atoms with Crippen molar-refractivity contribution in [1.82, 2.24) is 0 Å². The normalized spacial score (nSPS) is 37.0. The monoisotopic (exact) mass is 324 g/mol. The Hall–Kier alpha value is 0.650. The van der Waals surface area contributed by atoms with E-state index in [1.165, 1.54) is 43.0 Å². The summed E-state index contributed by atoms with van der Waals surface area (Å²) in [5.74, 6) is 0.799. The third kappa shape index (κ3) is 3.56. The van der Waals surface area contributed by atoms with Gasteiger partial charge in [0.2, 0.25) is 0 Å². The molecule has 1 unspecified atom stereocenters. The molecular weight excluding hydrogens is 303 g/mol. The van der Waals surface area contributed by atoms with E-state index in [-0.39, 0.29) is 6.29 Å². The molecule has 1 aliphatic carbocycles. The SMILES string of the molecule is ICC[C@@H]1CCC[C@H]1OC1CCCCO1. The average molecular weight is 324 g/mol. The van der Waals surface area contributed by atoms with Gasteiger partial charge in [-0.15, -0.1) is 0 Å². The molecule has 1 aliphatic heterocycles. The lowest BCUT2D eigenvalue weighted by molar-refractivity contribution is -0.194. The highest BCUT2D eigenvalue weighted by atomic mass is 127. The van der Waals surface area contributed by atoms with Crippen molar-refractivity contribution in [3.63, 3.8) is 0 Å². The fourth-order valence-corrected chi connectivity index (χ4v) is 3.47. The molecule has 2 fully saturated rings. The van der Waals surface area contributed by atoms with Crippen LogP contribution in [0.4, 0.5) is 0 Å². The van der Waals surface area contributed by atoms with E-state index < -0.39 is 0 Å². The Bertz CT molecular complexity index is 180. The smallest absolute Gasteiger partial charge is 0.157 e. The zero-order valence-corrected chi connectivity index (χ0v) is 11.4. The van der Waals surface area contributed by atoms with Crippen molar-refractivity contribution in [3.8, 4) is 0 Å². The van der Waals surface area contributed by atoms with Gasteiger partial charge in [0.25, 0.3) is 0 Å². The molecule has 0 aromatic heterocycles. The molecular formula is C12H21IO2. The first-order chi connectivity index (χ1) is 7.40. The number of hydrogen-bond donors (Lipinski definition) is 0. The van der Waals surface area contributed by atoms with Gasteiger partial charge in [0.05, 0.1) is 6.10 Å². The van der Waals surface area contributed by atoms with Gasteiger partial charge >= 0.3 is 0 Å². The Balaban J connectivity index is 1.76. The van der Waals surface area contributed by atoms with Crippen LogP contribution in [0.1, 0.15) is 44.9 Å². The number of rotatable bonds is 4. The van der Waals surface area contributed by atoms with Crippen molar-refractivity contribution in [3.05, 3.63) is 0 Å². The minimum Gasteiger partial charge on any atom is -0.353 e. The van der Waals surface area contributed by atoms with Gasteiger partial charge in [-0.2, -0.15) is 0 Å². The predicted octanol–water partition coefficient (Wildman–Crippen LogP) is 3.52. The highest BCUT2D eigenvalue weighted by Crippen LogP contribution is 2.33. The van der Waals surface area contributed by atoms with E-state index in [1.54, 1.807) is 0 Å². The number of halogens is 1. The summed E-state index contributed by atoms with van der Waals surface area (Å²) < 4.78 is 13.0. The molecule has 0 spiro atoms. The van der Waals surface area contributed by atoms with E-state index in [0.29, 0.717) is 6.10 Å². The molecule has 0 aromatic carbocycles. The molecule has 2 nitrogen and oxygen atoms in total. The molecule has 0 amide bonds. The lowest BCUT2D eigenvalue weighted by atomic mass is 10.0. The minimum atomic E-state index is 0.110. The molecule has 1 heterocycles. The highest BCUT2D eigenvalue weighted by Gasteiger charge is 2.30. The first-order valence-corrected chi connectivity index (χ1v) is 7.75. The van der Waals surface area contributed by atoms with Crippen molar-refractivity contribution in [2.75, 3.05) is 11.0 Å². The number of alkyl halides is 1. The summed E-state index contributed by atoms with van der Waals surface area (Å²) in [7, 11) is 0.